The third-order valence-electron chi connectivity index (χ3n) is 3.76. The van der Waals surface area contributed by atoms with Gasteiger partial charge in [0.1, 0.15) is 5.82 Å². The van der Waals surface area contributed by atoms with Crippen LogP contribution in [0.5, 0.6) is 0 Å². The van der Waals surface area contributed by atoms with Gasteiger partial charge in [0, 0.05) is 18.8 Å². The lowest BCUT2D eigenvalue weighted by atomic mass is 10.1. The minimum absolute atomic E-state index is 0.593. The number of benzene rings is 2. The number of alkyl halides is 1. The van der Waals surface area contributed by atoms with Crippen molar-refractivity contribution < 1.29 is 0 Å². The first-order valence-corrected chi connectivity index (χ1v) is 7.78. The van der Waals surface area contributed by atoms with Gasteiger partial charge in [-0.3, -0.25) is 0 Å². The Hall–Kier alpha value is -1.80. The van der Waals surface area contributed by atoms with Crippen molar-refractivity contribution in [3.8, 4) is 0 Å². The lowest BCUT2D eigenvalue weighted by molar-refractivity contribution is 0.754. The molecule has 0 N–H and O–H groups in total. The lowest BCUT2D eigenvalue weighted by Crippen LogP contribution is -2.06. The number of rotatable bonds is 4. The van der Waals surface area contributed by atoms with E-state index in [1.54, 1.807) is 0 Å². The molecule has 0 aliphatic carbocycles. The van der Waals surface area contributed by atoms with Gasteiger partial charge in [0.15, 0.2) is 0 Å². The van der Waals surface area contributed by atoms with Crippen LogP contribution in [0.2, 0.25) is 0 Å². The topological polar surface area (TPSA) is 17.8 Å². The van der Waals surface area contributed by atoms with Crippen molar-refractivity contribution in [2.24, 2.45) is 0 Å². The van der Waals surface area contributed by atoms with Gasteiger partial charge in [0.2, 0.25) is 0 Å². The number of imidazole rings is 1. The molecule has 0 aliphatic heterocycles. The number of aromatic nitrogens is 2. The molecule has 2 nitrogen and oxygen atoms in total. The van der Waals surface area contributed by atoms with Crippen molar-refractivity contribution in [2.75, 3.05) is 5.88 Å². The third-order valence-corrected chi connectivity index (χ3v) is 3.95. The predicted molar refractivity (Wildman–Crippen MR) is 89.2 cm³/mol. The molecule has 1 aromatic heterocycles. The Labute approximate surface area is 130 Å². The summed E-state index contributed by atoms with van der Waals surface area (Å²) in [5, 5.41) is 0. The Kier molecular flexibility index (Phi) is 3.98. The highest BCUT2D eigenvalue weighted by atomic mass is 35.5. The molecule has 0 aliphatic rings. The quantitative estimate of drug-likeness (QED) is 0.649. The summed E-state index contributed by atoms with van der Waals surface area (Å²) < 4.78 is 2.29. The van der Waals surface area contributed by atoms with Gasteiger partial charge in [-0.15, -0.1) is 11.6 Å². The first kappa shape index (κ1) is 14.2. The number of fused-ring (bicyclic) bond motifs is 1. The molecule has 0 spiro atoms. The SMILES string of the molecule is Cc1ccc(Cn2c(CCCl)nc3ccc(C)cc32)cc1. The lowest BCUT2D eigenvalue weighted by Gasteiger charge is -2.09. The molecule has 0 fully saturated rings. The molecular formula is C18H19ClN2. The van der Waals surface area contributed by atoms with Gasteiger partial charge < -0.3 is 4.57 Å². The van der Waals surface area contributed by atoms with E-state index in [9.17, 15) is 0 Å². The Morgan fingerprint density at radius 1 is 1.00 bits per heavy atom. The van der Waals surface area contributed by atoms with Crippen LogP contribution in [-0.4, -0.2) is 15.4 Å². The maximum absolute atomic E-state index is 5.94. The Bertz CT molecular complexity index is 757. The Morgan fingerprint density at radius 2 is 1.71 bits per heavy atom. The Balaban J connectivity index is 2.07. The van der Waals surface area contributed by atoms with Gasteiger partial charge in [-0.05, 0) is 37.1 Å². The second-order valence-electron chi connectivity index (χ2n) is 5.53. The summed E-state index contributed by atoms with van der Waals surface area (Å²) in [5.41, 5.74) is 6.07. The normalized spacial score (nSPS) is 11.2. The van der Waals surface area contributed by atoms with Gasteiger partial charge in [-0.25, -0.2) is 4.98 Å². The number of hydrogen-bond acceptors (Lipinski definition) is 1. The van der Waals surface area contributed by atoms with E-state index >= 15 is 0 Å². The number of hydrogen-bond donors (Lipinski definition) is 0. The first-order chi connectivity index (χ1) is 10.2. The van der Waals surface area contributed by atoms with Crippen LogP contribution >= 0.6 is 11.6 Å². The highest BCUT2D eigenvalue weighted by molar-refractivity contribution is 6.17. The van der Waals surface area contributed by atoms with Crippen molar-refractivity contribution in [3.05, 3.63) is 65.0 Å². The molecule has 0 unspecified atom stereocenters. The van der Waals surface area contributed by atoms with Crippen molar-refractivity contribution in [2.45, 2.75) is 26.8 Å². The average molecular weight is 299 g/mol. The average Bonchev–Trinajstić information content (AvgIpc) is 2.79. The van der Waals surface area contributed by atoms with E-state index in [0.29, 0.717) is 5.88 Å². The molecule has 21 heavy (non-hydrogen) atoms. The zero-order valence-electron chi connectivity index (χ0n) is 12.4. The van der Waals surface area contributed by atoms with Gasteiger partial charge in [-0.2, -0.15) is 0 Å². The molecule has 3 heteroatoms. The summed E-state index contributed by atoms with van der Waals surface area (Å²) in [6.45, 7) is 5.06. The van der Waals surface area contributed by atoms with Crippen LogP contribution in [0.15, 0.2) is 42.5 Å². The molecular weight excluding hydrogens is 280 g/mol. The Morgan fingerprint density at radius 3 is 2.43 bits per heavy atom. The largest absolute Gasteiger partial charge is 0.323 e. The zero-order valence-corrected chi connectivity index (χ0v) is 13.2. The van der Waals surface area contributed by atoms with Crippen LogP contribution in [0.3, 0.4) is 0 Å². The van der Waals surface area contributed by atoms with Gasteiger partial charge in [0.05, 0.1) is 11.0 Å². The maximum atomic E-state index is 5.94. The van der Waals surface area contributed by atoms with Gasteiger partial charge >= 0.3 is 0 Å². The van der Waals surface area contributed by atoms with Crippen molar-refractivity contribution in [3.63, 3.8) is 0 Å². The van der Waals surface area contributed by atoms with Crippen LogP contribution in [-0.2, 0) is 13.0 Å². The molecule has 0 bridgehead atoms. The van der Waals surface area contributed by atoms with Crippen molar-refractivity contribution in [1.82, 2.24) is 9.55 Å². The van der Waals surface area contributed by atoms with Crippen LogP contribution in [0, 0.1) is 13.8 Å². The molecule has 0 radical (unpaired) electrons. The number of halogens is 1. The monoisotopic (exact) mass is 298 g/mol. The third kappa shape index (κ3) is 2.96. The number of aryl methyl sites for hydroxylation is 3. The zero-order chi connectivity index (χ0) is 14.8. The summed E-state index contributed by atoms with van der Waals surface area (Å²) >= 11 is 5.94. The fraction of sp³-hybridized carbons (Fsp3) is 0.278. The first-order valence-electron chi connectivity index (χ1n) is 7.24. The van der Waals surface area contributed by atoms with E-state index < -0.39 is 0 Å². The van der Waals surface area contributed by atoms with E-state index in [0.717, 1.165) is 24.3 Å². The minimum atomic E-state index is 0.593. The standard InChI is InChI=1S/C18H19ClN2/c1-13-3-6-15(7-4-13)12-21-17-11-14(2)5-8-16(17)20-18(21)9-10-19/h3-8,11H,9-10,12H2,1-2H3. The molecule has 0 atom stereocenters. The second kappa shape index (κ2) is 5.90. The van der Waals surface area contributed by atoms with Crippen LogP contribution in [0.1, 0.15) is 22.5 Å². The highest BCUT2D eigenvalue weighted by Gasteiger charge is 2.11. The summed E-state index contributed by atoms with van der Waals surface area (Å²) in [7, 11) is 0. The van der Waals surface area contributed by atoms with E-state index in [4.69, 9.17) is 16.6 Å². The molecule has 2 aromatic carbocycles. The molecule has 108 valence electrons. The molecule has 0 saturated heterocycles. The van der Waals surface area contributed by atoms with E-state index in [1.165, 1.54) is 22.2 Å². The molecule has 0 amide bonds. The smallest absolute Gasteiger partial charge is 0.111 e. The highest BCUT2D eigenvalue weighted by Crippen LogP contribution is 2.20. The van der Waals surface area contributed by atoms with Crippen molar-refractivity contribution >= 4 is 22.6 Å². The number of nitrogens with zero attached hydrogens (tertiary/aromatic N) is 2. The fourth-order valence-corrected chi connectivity index (χ4v) is 2.78. The molecule has 0 saturated carbocycles. The molecule has 3 aromatic rings. The summed E-state index contributed by atoms with van der Waals surface area (Å²) in [4.78, 5) is 4.74. The molecule has 1 heterocycles. The van der Waals surface area contributed by atoms with E-state index in [1.807, 2.05) is 0 Å². The van der Waals surface area contributed by atoms with Gasteiger partial charge in [0.25, 0.3) is 0 Å². The maximum Gasteiger partial charge on any atom is 0.111 e. The van der Waals surface area contributed by atoms with E-state index in [-0.39, 0.29) is 0 Å². The second-order valence-corrected chi connectivity index (χ2v) is 5.91. The summed E-state index contributed by atoms with van der Waals surface area (Å²) in [5.74, 6) is 1.65. The van der Waals surface area contributed by atoms with Gasteiger partial charge in [-0.1, -0.05) is 35.9 Å². The minimum Gasteiger partial charge on any atom is -0.323 e. The van der Waals surface area contributed by atoms with Crippen LogP contribution < -0.4 is 0 Å². The molecule has 3 rings (SSSR count). The van der Waals surface area contributed by atoms with Crippen LogP contribution in [0.4, 0.5) is 0 Å². The fourth-order valence-electron chi connectivity index (χ4n) is 2.61. The predicted octanol–water partition coefficient (Wildman–Crippen LogP) is 4.48. The van der Waals surface area contributed by atoms with E-state index in [2.05, 4.69) is 60.9 Å². The van der Waals surface area contributed by atoms with Crippen molar-refractivity contribution in [1.29, 1.82) is 0 Å². The summed E-state index contributed by atoms with van der Waals surface area (Å²) in [6, 6.07) is 15.1. The summed E-state index contributed by atoms with van der Waals surface area (Å²) in [6.07, 6.45) is 0.793. The van der Waals surface area contributed by atoms with Crippen LogP contribution in [0.25, 0.3) is 11.0 Å².